The van der Waals surface area contributed by atoms with Gasteiger partial charge in [-0.15, -0.1) is 11.3 Å². The number of hydrogen-bond acceptors (Lipinski definition) is 5. The van der Waals surface area contributed by atoms with Crippen LogP contribution in [0.1, 0.15) is 42.2 Å². The van der Waals surface area contributed by atoms with Gasteiger partial charge in [0.25, 0.3) is 0 Å². The molecule has 3 aromatic rings. The fourth-order valence-corrected chi connectivity index (χ4v) is 6.37. The van der Waals surface area contributed by atoms with E-state index in [0.29, 0.717) is 19.0 Å². The first-order chi connectivity index (χ1) is 15.5. The summed E-state index contributed by atoms with van der Waals surface area (Å²) >= 11 is 1.75. The van der Waals surface area contributed by atoms with Crippen LogP contribution in [-0.4, -0.2) is 43.3 Å². The summed E-state index contributed by atoms with van der Waals surface area (Å²) in [5.74, 6) is 0.388. The molecule has 0 spiro atoms. The van der Waals surface area contributed by atoms with Gasteiger partial charge in [0.05, 0.1) is 20.1 Å². The highest BCUT2D eigenvalue weighted by molar-refractivity contribution is 7.89. The summed E-state index contributed by atoms with van der Waals surface area (Å²) in [6, 6.07) is 14.9. The van der Waals surface area contributed by atoms with Gasteiger partial charge in [0, 0.05) is 31.1 Å². The Bertz CT molecular complexity index is 1220. The van der Waals surface area contributed by atoms with Crippen LogP contribution in [0.5, 0.6) is 0 Å². The third-order valence-corrected chi connectivity index (χ3v) is 8.71. The van der Waals surface area contributed by atoms with Crippen molar-refractivity contribution in [3.8, 4) is 0 Å². The molecule has 1 saturated carbocycles. The Hall–Kier alpha value is -2.55. The van der Waals surface area contributed by atoms with Crippen LogP contribution in [0.4, 0.5) is 0 Å². The SMILES string of the molecule is O=C(/C=C/c1ccc(S(=O)(=O)NC2CC2)cc1)N1CCC(c2nc3ccccc3s2)CC1. The fourth-order valence-electron chi connectivity index (χ4n) is 3.93. The molecule has 166 valence electrons. The third-order valence-electron chi connectivity index (χ3n) is 5.97. The number of carbonyl (C=O) groups excluding carboxylic acids is 1. The number of rotatable bonds is 6. The number of likely N-dealkylation sites (tertiary alicyclic amines) is 1. The Kier molecular flexibility index (Phi) is 5.84. The second-order valence-corrected chi connectivity index (χ2v) is 11.2. The summed E-state index contributed by atoms with van der Waals surface area (Å²) in [7, 11) is -3.45. The molecule has 1 aliphatic heterocycles. The molecule has 1 saturated heterocycles. The molecule has 2 heterocycles. The van der Waals surface area contributed by atoms with Gasteiger partial charge in [0.15, 0.2) is 0 Å². The van der Waals surface area contributed by atoms with Crippen molar-refractivity contribution in [1.29, 1.82) is 0 Å². The van der Waals surface area contributed by atoms with Crippen LogP contribution in [0.3, 0.4) is 0 Å². The number of fused-ring (bicyclic) bond motifs is 1. The number of carbonyl (C=O) groups is 1. The minimum absolute atomic E-state index is 0.0140. The van der Waals surface area contributed by atoms with Gasteiger partial charge < -0.3 is 4.90 Å². The molecule has 2 aromatic carbocycles. The number of piperidine rings is 1. The number of thiazole rings is 1. The molecule has 0 unspecified atom stereocenters. The topological polar surface area (TPSA) is 79.4 Å². The lowest BCUT2D eigenvalue weighted by Gasteiger charge is -2.30. The lowest BCUT2D eigenvalue weighted by atomic mass is 9.97. The zero-order chi connectivity index (χ0) is 22.1. The molecule has 1 amide bonds. The van der Waals surface area contributed by atoms with Crippen LogP contribution in [0, 0.1) is 0 Å². The van der Waals surface area contributed by atoms with E-state index in [0.717, 1.165) is 36.8 Å². The van der Waals surface area contributed by atoms with E-state index < -0.39 is 10.0 Å². The van der Waals surface area contributed by atoms with Gasteiger partial charge in [-0.2, -0.15) is 0 Å². The van der Waals surface area contributed by atoms with Crippen molar-refractivity contribution in [1.82, 2.24) is 14.6 Å². The third kappa shape index (κ3) is 4.77. The molecular formula is C24H25N3O3S2. The minimum atomic E-state index is -3.45. The first-order valence-electron chi connectivity index (χ1n) is 10.9. The normalized spacial score (nSPS) is 17.9. The summed E-state index contributed by atoms with van der Waals surface area (Å²) in [6.45, 7) is 1.43. The van der Waals surface area contributed by atoms with E-state index in [2.05, 4.69) is 10.8 Å². The highest BCUT2D eigenvalue weighted by Gasteiger charge is 2.28. The number of amides is 1. The number of benzene rings is 2. The van der Waals surface area contributed by atoms with Crippen LogP contribution in [0.25, 0.3) is 16.3 Å². The molecule has 0 radical (unpaired) electrons. The van der Waals surface area contributed by atoms with E-state index in [4.69, 9.17) is 4.98 Å². The number of sulfonamides is 1. The number of para-hydroxylation sites is 1. The maximum atomic E-state index is 12.6. The van der Waals surface area contributed by atoms with Crippen molar-refractivity contribution < 1.29 is 13.2 Å². The van der Waals surface area contributed by atoms with Gasteiger partial charge in [0.1, 0.15) is 0 Å². The molecule has 1 aliphatic carbocycles. The van der Waals surface area contributed by atoms with Crippen LogP contribution in [-0.2, 0) is 14.8 Å². The first kappa shape index (κ1) is 21.3. The van der Waals surface area contributed by atoms with E-state index in [1.807, 2.05) is 23.1 Å². The summed E-state index contributed by atoms with van der Waals surface area (Å²) < 4.78 is 28.4. The lowest BCUT2D eigenvalue weighted by molar-refractivity contribution is -0.126. The minimum Gasteiger partial charge on any atom is -0.339 e. The second-order valence-electron chi connectivity index (χ2n) is 8.42. The van der Waals surface area contributed by atoms with Gasteiger partial charge in [-0.25, -0.2) is 18.1 Å². The first-order valence-corrected chi connectivity index (χ1v) is 13.2. The second kappa shape index (κ2) is 8.77. The number of nitrogens with one attached hydrogen (secondary N) is 1. The Morgan fingerprint density at radius 2 is 1.75 bits per heavy atom. The van der Waals surface area contributed by atoms with Crippen LogP contribution >= 0.6 is 11.3 Å². The summed E-state index contributed by atoms with van der Waals surface area (Å²) in [6.07, 6.45) is 6.95. The van der Waals surface area contributed by atoms with E-state index >= 15 is 0 Å². The average molecular weight is 468 g/mol. The molecular weight excluding hydrogens is 442 g/mol. The summed E-state index contributed by atoms with van der Waals surface area (Å²) in [5, 5.41) is 1.17. The Morgan fingerprint density at radius 1 is 1.03 bits per heavy atom. The van der Waals surface area contributed by atoms with E-state index in [9.17, 15) is 13.2 Å². The van der Waals surface area contributed by atoms with Gasteiger partial charge in [-0.3, -0.25) is 4.79 Å². The van der Waals surface area contributed by atoms with Crippen molar-refractivity contribution in [2.45, 2.75) is 42.5 Å². The van der Waals surface area contributed by atoms with E-state index in [1.165, 1.54) is 9.71 Å². The van der Waals surface area contributed by atoms with Crippen LogP contribution in [0.2, 0.25) is 0 Å². The number of aromatic nitrogens is 1. The van der Waals surface area contributed by atoms with Gasteiger partial charge in [-0.05, 0) is 61.6 Å². The quantitative estimate of drug-likeness (QED) is 0.552. The predicted molar refractivity (Wildman–Crippen MR) is 127 cm³/mol. The van der Waals surface area contributed by atoms with Gasteiger partial charge in [0.2, 0.25) is 15.9 Å². The lowest BCUT2D eigenvalue weighted by Crippen LogP contribution is -2.36. The zero-order valence-electron chi connectivity index (χ0n) is 17.6. The van der Waals surface area contributed by atoms with Crippen molar-refractivity contribution >= 4 is 43.6 Å². The average Bonchev–Trinajstić information content (AvgIpc) is 3.50. The van der Waals surface area contributed by atoms with Gasteiger partial charge >= 0.3 is 0 Å². The maximum absolute atomic E-state index is 12.6. The van der Waals surface area contributed by atoms with Crippen molar-refractivity contribution in [2.24, 2.45) is 0 Å². The molecule has 5 rings (SSSR count). The van der Waals surface area contributed by atoms with E-state index in [1.54, 1.807) is 47.8 Å². The number of nitrogens with zero attached hydrogens (tertiary/aromatic N) is 2. The highest BCUT2D eigenvalue weighted by atomic mass is 32.2. The van der Waals surface area contributed by atoms with Crippen LogP contribution < -0.4 is 4.72 Å². The Labute approximate surface area is 192 Å². The molecule has 8 heteroatoms. The highest BCUT2D eigenvalue weighted by Crippen LogP contribution is 2.33. The molecule has 2 fully saturated rings. The zero-order valence-corrected chi connectivity index (χ0v) is 19.2. The van der Waals surface area contributed by atoms with Crippen molar-refractivity contribution in [2.75, 3.05) is 13.1 Å². The Balaban J connectivity index is 1.16. The predicted octanol–water partition coefficient (Wildman–Crippen LogP) is 4.16. The molecule has 2 aliphatic rings. The molecule has 1 N–H and O–H groups in total. The Morgan fingerprint density at radius 3 is 2.44 bits per heavy atom. The molecule has 1 aromatic heterocycles. The molecule has 0 bridgehead atoms. The standard InChI is InChI=1S/C24H25N3O3S2/c28-23(12-7-17-5-10-20(11-6-17)32(29,30)26-19-8-9-19)27-15-13-18(14-16-27)24-25-21-3-1-2-4-22(21)31-24/h1-7,10-12,18-19,26H,8-9,13-16H2/b12-7+. The van der Waals surface area contributed by atoms with Gasteiger partial charge in [-0.1, -0.05) is 24.3 Å². The molecule has 32 heavy (non-hydrogen) atoms. The van der Waals surface area contributed by atoms with Crippen LogP contribution in [0.15, 0.2) is 59.5 Å². The monoisotopic (exact) mass is 467 g/mol. The largest absolute Gasteiger partial charge is 0.339 e. The smallest absolute Gasteiger partial charge is 0.246 e. The van der Waals surface area contributed by atoms with Crippen molar-refractivity contribution in [3.05, 3.63) is 65.2 Å². The molecule has 6 nitrogen and oxygen atoms in total. The van der Waals surface area contributed by atoms with Crippen molar-refractivity contribution in [3.63, 3.8) is 0 Å². The summed E-state index contributed by atoms with van der Waals surface area (Å²) in [4.78, 5) is 19.5. The maximum Gasteiger partial charge on any atom is 0.246 e. The number of hydrogen-bond donors (Lipinski definition) is 1. The van der Waals surface area contributed by atoms with E-state index in [-0.39, 0.29) is 16.8 Å². The summed E-state index contributed by atoms with van der Waals surface area (Å²) in [5.41, 5.74) is 1.85. The molecule has 0 atom stereocenters. The fraction of sp³-hybridized carbons (Fsp3) is 0.333.